The van der Waals surface area contributed by atoms with Gasteiger partial charge in [-0.25, -0.2) is 15.0 Å². The number of para-hydroxylation sites is 3. The predicted molar refractivity (Wildman–Crippen MR) is 233 cm³/mol. The van der Waals surface area contributed by atoms with Gasteiger partial charge < -0.3 is 8.98 Å². The van der Waals surface area contributed by atoms with Crippen molar-refractivity contribution in [2.75, 3.05) is 0 Å². The highest BCUT2D eigenvalue weighted by atomic mass is 16.3. The minimum Gasteiger partial charge on any atom is -0.455 e. The van der Waals surface area contributed by atoms with Crippen molar-refractivity contribution in [2.45, 2.75) is 19.3 Å². The molecular weight excluding hydrogens is 697 g/mol. The van der Waals surface area contributed by atoms with Crippen LogP contribution in [0, 0.1) is 0 Å². The van der Waals surface area contributed by atoms with E-state index in [1.54, 1.807) is 0 Å². The smallest absolute Gasteiger partial charge is 0.163 e. The molecule has 5 nitrogen and oxygen atoms in total. The summed E-state index contributed by atoms with van der Waals surface area (Å²) in [6.07, 6.45) is 8.89. The third kappa shape index (κ3) is 5.83. The summed E-state index contributed by atoms with van der Waals surface area (Å²) in [4.78, 5) is 14.9. The maximum Gasteiger partial charge on any atom is 0.163 e. The molecule has 0 saturated carbocycles. The topological polar surface area (TPSA) is 56.7 Å². The van der Waals surface area contributed by atoms with Crippen LogP contribution in [0.1, 0.15) is 30.1 Å². The molecule has 5 heteroatoms. The third-order valence-electron chi connectivity index (χ3n) is 11.1. The highest BCUT2D eigenvalue weighted by Gasteiger charge is 2.19. The summed E-state index contributed by atoms with van der Waals surface area (Å²) in [5, 5.41) is 4.69. The van der Waals surface area contributed by atoms with Gasteiger partial charge in [0, 0.05) is 44.8 Å². The molecule has 1 aliphatic carbocycles. The highest BCUT2D eigenvalue weighted by molar-refractivity contribution is 6.16. The first-order chi connectivity index (χ1) is 28.2. The van der Waals surface area contributed by atoms with E-state index in [1.807, 2.05) is 18.2 Å². The van der Waals surface area contributed by atoms with Crippen molar-refractivity contribution >= 4 is 49.3 Å². The van der Waals surface area contributed by atoms with E-state index in [0.29, 0.717) is 12.2 Å². The van der Waals surface area contributed by atoms with Gasteiger partial charge in [0.15, 0.2) is 11.6 Å². The Morgan fingerprint density at radius 3 is 2.14 bits per heavy atom. The summed E-state index contributed by atoms with van der Waals surface area (Å²) >= 11 is 0. The molecule has 0 aliphatic heterocycles. The van der Waals surface area contributed by atoms with Crippen LogP contribution in [-0.2, 0) is 6.42 Å². The Morgan fingerprint density at radius 1 is 0.544 bits per heavy atom. The SMILES string of the molecule is C1=CCCC(c2nc(Cc3cccc(-c4cccc5c4oc4cccc(-c6ccc7c8ccccc8n(-c8ccccc8)c7c6)c45)c3)nc(-c3ccccc3)n2)=C1. The molecule has 3 aromatic heterocycles. The van der Waals surface area contributed by atoms with E-state index in [2.05, 4.69) is 168 Å². The fourth-order valence-electron chi connectivity index (χ4n) is 8.49. The zero-order valence-electron chi connectivity index (χ0n) is 31.1. The van der Waals surface area contributed by atoms with Crippen molar-refractivity contribution in [3.05, 3.63) is 199 Å². The number of allylic oxidation sites excluding steroid dienone is 4. The van der Waals surface area contributed by atoms with Crippen LogP contribution in [0.25, 0.3) is 88.6 Å². The molecule has 0 bridgehead atoms. The largest absolute Gasteiger partial charge is 0.455 e. The maximum atomic E-state index is 6.78. The fourth-order valence-corrected chi connectivity index (χ4v) is 8.49. The maximum absolute atomic E-state index is 6.78. The first-order valence-electron chi connectivity index (χ1n) is 19.5. The van der Waals surface area contributed by atoms with Crippen LogP contribution in [0.3, 0.4) is 0 Å². The molecule has 0 spiro atoms. The number of hydrogen-bond donors (Lipinski definition) is 0. The van der Waals surface area contributed by atoms with Crippen molar-refractivity contribution in [1.29, 1.82) is 0 Å². The first kappa shape index (κ1) is 33.0. The molecule has 0 amide bonds. The molecule has 3 heterocycles. The normalized spacial score (nSPS) is 12.9. The van der Waals surface area contributed by atoms with Crippen LogP contribution in [0.15, 0.2) is 186 Å². The van der Waals surface area contributed by atoms with E-state index >= 15 is 0 Å². The van der Waals surface area contributed by atoms with E-state index < -0.39 is 0 Å². The van der Waals surface area contributed by atoms with Crippen LogP contribution >= 0.6 is 0 Å². The fraction of sp³-hybridized carbons (Fsp3) is 0.0577. The zero-order valence-corrected chi connectivity index (χ0v) is 31.1. The van der Waals surface area contributed by atoms with E-state index in [1.165, 1.54) is 21.8 Å². The van der Waals surface area contributed by atoms with Crippen LogP contribution < -0.4 is 0 Å². The molecule has 0 atom stereocenters. The summed E-state index contributed by atoms with van der Waals surface area (Å²) < 4.78 is 9.16. The number of furan rings is 1. The molecule has 11 rings (SSSR count). The van der Waals surface area contributed by atoms with Gasteiger partial charge in [0.1, 0.15) is 17.0 Å². The number of nitrogens with zero attached hydrogens (tertiary/aromatic N) is 4. The Morgan fingerprint density at radius 2 is 1.26 bits per heavy atom. The summed E-state index contributed by atoms with van der Waals surface area (Å²) in [6, 6.07) is 57.9. The Labute approximate surface area is 329 Å². The lowest BCUT2D eigenvalue weighted by molar-refractivity contribution is 0.670. The monoisotopic (exact) mass is 732 g/mol. The Bertz CT molecular complexity index is 3210. The second-order valence-electron chi connectivity index (χ2n) is 14.7. The lowest BCUT2D eigenvalue weighted by Gasteiger charge is -2.12. The van der Waals surface area contributed by atoms with Gasteiger partial charge in [-0.05, 0) is 71.0 Å². The third-order valence-corrected chi connectivity index (χ3v) is 11.1. The van der Waals surface area contributed by atoms with Gasteiger partial charge in [-0.1, -0.05) is 152 Å². The van der Waals surface area contributed by atoms with Gasteiger partial charge in [-0.2, -0.15) is 0 Å². The number of fused-ring (bicyclic) bond motifs is 6. The van der Waals surface area contributed by atoms with E-state index in [0.717, 1.165) is 91.1 Å². The quantitative estimate of drug-likeness (QED) is 0.164. The van der Waals surface area contributed by atoms with Crippen LogP contribution in [0.4, 0.5) is 0 Å². The Balaban J connectivity index is 1.00. The number of benzene rings is 7. The van der Waals surface area contributed by atoms with Crippen molar-refractivity contribution in [3.63, 3.8) is 0 Å². The van der Waals surface area contributed by atoms with Crippen LogP contribution in [0.2, 0.25) is 0 Å². The van der Waals surface area contributed by atoms with Crippen LogP contribution in [0.5, 0.6) is 0 Å². The van der Waals surface area contributed by atoms with Gasteiger partial charge in [0.2, 0.25) is 0 Å². The second-order valence-corrected chi connectivity index (χ2v) is 14.7. The molecule has 10 aromatic rings. The van der Waals surface area contributed by atoms with Crippen molar-refractivity contribution in [3.8, 4) is 39.3 Å². The molecular formula is C52H36N4O. The zero-order chi connectivity index (χ0) is 37.7. The van der Waals surface area contributed by atoms with Crippen molar-refractivity contribution in [2.24, 2.45) is 0 Å². The molecule has 7 aromatic carbocycles. The number of hydrogen-bond acceptors (Lipinski definition) is 4. The van der Waals surface area contributed by atoms with Crippen molar-refractivity contribution in [1.82, 2.24) is 19.5 Å². The summed E-state index contributed by atoms with van der Waals surface area (Å²) in [7, 11) is 0. The van der Waals surface area contributed by atoms with Crippen LogP contribution in [-0.4, -0.2) is 19.5 Å². The molecule has 1 aliphatic rings. The molecule has 0 N–H and O–H groups in total. The minimum atomic E-state index is 0.578. The summed E-state index contributed by atoms with van der Waals surface area (Å²) in [5.74, 6) is 2.20. The average molecular weight is 733 g/mol. The lowest BCUT2D eigenvalue weighted by atomic mass is 9.96. The Kier molecular flexibility index (Phi) is 7.95. The predicted octanol–water partition coefficient (Wildman–Crippen LogP) is 13.2. The van der Waals surface area contributed by atoms with E-state index in [4.69, 9.17) is 19.4 Å². The second kappa shape index (κ2) is 13.7. The van der Waals surface area contributed by atoms with Gasteiger partial charge in [0.25, 0.3) is 0 Å². The molecule has 0 radical (unpaired) electrons. The number of rotatable bonds is 7. The van der Waals surface area contributed by atoms with E-state index in [-0.39, 0.29) is 0 Å². The summed E-state index contributed by atoms with van der Waals surface area (Å²) in [6.45, 7) is 0. The average Bonchev–Trinajstić information content (AvgIpc) is 3.83. The van der Waals surface area contributed by atoms with Gasteiger partial charge in [0.05, 0.1) is 11.0 Å². The lowest BCUT2D eigenvalue weighted by Crippen LogP contribution is -2.06. The first-order valence-corrected chi connectivity index (χ1v) is 19.5. The summed E-state index contributed by atoms with van der Waals surface area (Å²) in [5.41, 5.74) is 12.9. The standard InChI is InChI=1S/C52H36N4O/c1-4-16-35(17-5-1)51-53-48(54-52(55-51)36-18-6-2-7-19-36)32-34-15-12-20-37(31-34)41-25-13-26-44-49-40(24-14-28-47(49)57-50(41)44)38-29-30-43-42-23-10-11-27-45(42)56(46(43)33-38)39-21-8-3-9-22-39/h1-6,8-18,20-31,33H,7,19,32H2. The molecule has 270 valence electrons. The molecule has 0 unspecified atom stereocenters. The molecule has 0 fully saturated rings. The number of aromatic nitrogens is 4. The van der Waals surface area contributed by atoms with Gasteiger partial charge >= 0.3 is 0 Å². The highest BCUT2D eigenvalue weighted by Crippen LogP contribution is 2.42. The Hall–Kier alpha value is -7.37. The minimum absolute atomic E-state index is 0.578. The van der Waals surface area contributed by atoms with Crippen molar-refractivity contribution < 1.29 is 4.42 Å². The van der Waals surface area contributed by atoms with E-state index in [9.17, 15) is 0 Å². The molecule has 0 saturated heterocycles. The van der Waals surface area contributed by atoms with Gasteiger partial charge in [-0.3, -0.25) is 0 Å². The molecule has 57 heavy (non-hydrogen) atoms. The van der Waals surface area contributed by atoms with Gasteiger partial charge in [-0.15, -0.1) is 0 Å².